The summed E-state index contributed by atoms with van der Waals surface area (Å²) < 4.78 is 6.81. The first kappa shape index (κ1) is 39.1. The van der Waals surface area contributed by atoms with Crippen molar-refractivity contribution in [1.82, 2.24) is 5.32 Å². The second-order valence-electron chi connectivity index (χ2n) is 18.4. The molecule has 318 valence electrons. The number of nitrogens with zero attached hydrogens (tertiary/aromatic N) is 1. The maximum absolute atomic E-state index is 6.81. The van der Waals surface area contributed by atoms with Crippen LogP contribution in [0.25, 0.3) is 92.6 Å². The molecular formula is C64H46N2O. The highest BCUT2D eigenvalue weighted by atomic mass is 16.3. The zero-order valence-electron chi connectivity index (χ0n) is 37.6. The van der Waals surface area contributed by atoms with E-state index in [1.807, 2.05) is 0 Å². The summed E-state index contributed by atoms with van der Waals surface area (Å²) in [4.78, 5) is 5.63. The molecule has 1 aliphatic heterocycles. The van der Waals surface area contributed by atoms with Crippen LogP contribution in [0, 0.1) is 6.92 Å². The first-order valence-electron chi connectivity index (χ1n) is 23.4. The Morgan fingerprint density at radius 1 is 0.448 bits per heavy atom. The van der Waals surface area contributed by atoms with Crippen LogP contribution in [0.4, 0.5) is 0 Å². The molecule has 1 aliphatic rings. The molecule has 1 aromatic heterocycles. The molecule has 2 heterocycles. The highest BCUT2D eigenvalue weighted by Gasteiger charge is 2.28. The van der Waals surface area contributed by atoms with Gasteiger partial charge < -0.3 is 9.73 Å². The number of hydrogen-bond acceptors (Lipinski definition) is 3. The molecule has 11 aromatic carbocycles. The lowest BCUT2D eigenvalue weighted by Crippen LogP contribution is -2.33. The second-order valence-corrected chi connectivity index (χ2v) is 18.4. The predicted molar refractivity (Wildman–Crippen MR) is 283 cm³/mol. The highest BCUT2D eigenvalue weighted by molar-refractivity contribution is 6.13. The molecule has 1 N–H and O–H groups in total. The van der Waals surface area contributed by atoms with E-state index >= 15 is 0 Å². The van der Waals surface area contributed by atoms with Crippen LogP contribution in [0.15, 0.2) is 221 Å². The van der Waals surface area contributed by atoms with Crippen LogP contribution in [0.1, 0.15) is 59.2 Å². The number of nitrogens with one attached hydrogen (secondary N) is 1. The van der Waals surface area contributed by atoms with Crippen LogP contribution in [0.5, 0.6) is 0 Å². The molecule has 3 nitrogen and oxygen atoms in total. The molecule has 67 heavy (non-hydrogen) atoms. The Kier molecular flexibility index (Phi) is 9.01. The van der Waals surface area contributed by atoms with Crippen molar-refractivity contribution in [2.24, 2.45) is 4.99 Å². The fourth-order valence-electron chi connectivity index (χ4n) is 11.1. The van der Waals surface area contributed by atoms with Crippen LogP contribution in [-0.2, 0) is 0 Å². The third-order valence-electron chi connectivity index (χ3n) is 14.5. The van der Waals surface area contributed by atoms with Crippen molar-refractivity contribution in [2.45, 2.75) is 32.7 Å². The van der Waals surface area contributed by atoms with Crippen molar-refractivity contribution >= 4 is 87.3 Å². The first-order chi connectivity index (χ1) is 32.9. The molecule has 2 unspecified atom stereocenters. The van der Waals surface area contributed by atoms with Crippen LogP contribution in [0.2, 0.25) is 0 Å². The molecule has 0 fully saturated rings. The van der Waals surface area contributed by atoms with Gasteiger partial charge in [-0.1, -0.05) is 177 Å². The summed E-state index contributed by atoms with van der Waals surface area (Å²) in [6, 6.07) is 75.2. The van der Waals surface area contributed by atoms with Crippen LogP contribution in [0.3, 0.4) is 0 Å². The molecule has 2 atom stereocenters. The lowest BCUT2D eigenvalue weighted by molar-refractivity contribution is 0.668. The molecule has 0 saturated heterocycles. The van der Waals surface area contributed by atoms with Gasteiger partial charge in [0.2, 0.25) is 0 Å². The molecule has 12 aromatic rings. The lowest BCUT2D eigenvalue weighted by Gasteiger charge is -2.29. The average molecular weight is 859 g/mol. The third-order valence-corrected chi connectivity index (χ3v) is 14.5. The monoisotopic (exact) mass is 858 g/mol. The number of furan rings is 1. The van der Waals surface area contributed by atoms with Gasteiger partial charge in [0, 0.05) is 27.8 Å². The van der Waals surface area contributed by atoms with Crippen molar-refractivity contribution in [3.8, 4) is 11.1 Å². The number of hydrogen-bond donors (Lipinski definition) is 1. The van der Waals surface area contributed by atoms with Crippen molar-refractivity contribution in [2.75, 3.05) is 0 Å². The van der Waals surface area contributed by atoms with E-state index in [1.165, 1.54) is 92.8 Å². The zero-order valence-corrected chi connectivity index (χ0v) is 37.6. The minimum atomic E-state index is -0.144. The van der Waals surface area contributed by atoms with E-state index in [0.717, 1.165) is 44.6 Å². The minimum Gasteiger partial charge on any atom is -0.456 e. The first-order valence-corrected chi connectivity index (χ1v) is 23.4. The van der Waals surface area contributed by atoms with Crippen molar-refractivity contribution in [1.29, 1.82) is 0 Å². The van der Waals surface area contributed by atoms with E-state index < -0.39 is 0 Å². The molecule has 0 radical (unpaired) electrons. The Labute approximate surface area is 389 Å². The lowest BCUT2D eigenvalue weighted by atomic mass is 9.83. The van der Waals surface area contributed by atoms with E-state index in [1.54, 1.807) is 0 Å². The second kappa shape index (κ2) is 15.4. The molecule has 13 rings (SSSR count). The molecular weight excluding hydrogens is 813 g/mol. The van der Waals surface area contributed by atoms with Gasteiger partial charge in [-0.05, 0) is 143 Å². The van der Waals surface area contributed by atoms with Gasteiger partial charge in [-0.25, -0.2) is 4.99 Å². The van der Waals surface area contributed by atoms with Crippen molar-refractivity contribution < 1.29 is 4.42 Å². The van der Waals surface area contributed by atoms with E-state index in [0.29, 0.717) is 0 Å². The molecule has 3 heteroatoms. The number of fused-ring (bicyclic) bond motifs is 10. The van der Waals surface area contributed by atoms with Crippen LogP contribution < -0.4 is 5.32 Å². The SMILES string of the molecule is CC1=C(c2ccc3c(ccc4ccccc43)c2)N=C(c2cc(C(C)c3ccccc3-c3cc4ccccc4cc3C)c3c(c2)oc2ccccc23)NC1c1ccc2c(ccc3ccccc32)c1. The number of amidine groups is 1. The fourth-order valence-corrected chi connectivity index (χ4v) is 11.1. The van der Waals surface area contributed by atoms with Gasteiger partial charge in [0.05, 0.1) is 11.7 Å². The Hall–Kier alpha value is -8.27. The summed E-state index contributed by atoms with van der Waals surface area (Å²) in [6.45, 7) is 6.82. The van der Waals surface area contributed by atoms with Gasteiger partial charge in [-0.3, -0.25) is 0 Å². The summed E-state index contributed by atoms with van der Waals surface area (Å²) in [5.41, 5.74) is 13.4. The quantitative estimate of drug-likeness (QED) is 0.169. The van der Waals surface area contributed by atoms with Gasteiger partial charge in [0.1, 0.15) is 17.0 Å². The third kappa shape index (κ3) is 6.45. The summed E-state index contributed by atoms with van der Waals surface area (Å²) in [5.74, 6) is 0.824. The van der Waals surface area contributed by atoms with E-state index in [2.05, 4.69) is 232 Å². The largest absolute Gasteiger partial charge is 0.456 e. The van der Waals surface area contributed by atoms with E-state index in [4.69, 9.17) is 9.41 Å². The molecule has 0 saturated carbocycles. The Morgan fingerprint density at radius 3 is 1.81 bits per heavy atom. The van der Waals surface area contributed by atoms with Gasteiger partial charge in [0.25, 0.3) is 0 Å². The Bertz CT molecular complexity index is 4070. The molecule has 0 amide bonds. The van der Waals surface area contributed by atoms with Crippen LogP contribution in [-0.4, -0.2) is 5.84 Å². The Balaban J connectivity index is 1.00. The molecule has 0 bridgehead atoms. The van der Waals surface area contributed by atoms with Crippen molar-refractivity contribution in [3.63, 3.8) is 0 Å². The Morgan fingerprint density at radius 2 is 1.04 bits per heavy atom. The van der Waals surface area contributed by atoms with E-state index in [9.17, 15) is 0 Å². The van der Waals surface area contributed by atoms with Gasteiger partial charge in [0.15, 0.2) is 0 Å². The minimum absolute atomic E-state index is 0.00730. The summed E-state index contributed by atoms with van der Waals surface area (Å²) in [5, 5.41) is 18.7. The zero-order chi connectivity index (χ0) is 44.8. The number of para-hydroxylation sites is 1. The number of benzene rings is 11. The standard InChI is InChI=1S/C64H46N2O/c1-38-32-43-16-4-5-17-44(43)35-57(38)55-21-11-10-18-50(55)39(2)58-36-49(37-60-61(58)56-22-12-13-23-59(56)67-60)64-65-62(47-28-30-53-45(33-47)26-24-41-14-6-8-19-51(41)53)40(3)63(66-64)48-29-31-54-46(34-48)27-25-42-15-7-9-20-52(42)54/h4-37,39,62H,1-3H3,(H,65,66). The van der Waals surface area contributed by atoms with Crippen LogP contribution >= 0.6 is 0 Å². The highest BCUT2D eigenvalue weighted by Crippen LogP contribution is 2.44. The maximum Gasteiger partial charge on any atom is 0.136 e. The maximum atomic E-state index is 6.81. The topological polar surface area (TPSA) is 37.5 Å². The molecule has 0 spiro atoms. The number of aryl methyl sites for hydroxylation is 1. The summed E-state index contributed by atoms with van der Waals surface area (Å²) in [6.07, 6.45) is 0. The van der Waals surface area contributed by atoms with Gasteiger partial charge >= 0.3 is 0 Å². The fraction of sp³-hybridized carbons (Fsp3) is 0.0781. The van der Waals surface area contributed by atoms with E-state index in [-0.39, 0.29) is 12.0 Å². The number of rotatable bonds is 6. The smallest absolute Gasteiger partial charge is 0.136 e. The predicted octanol–water partition coefficient (Wildman–Crippen LogP) is 17.0. The van der Waals surface area contributed by atoms with Crippen molar-refractivity contribution in [3.05, 3.63) is 245 Å². The summed E-state index contributed by atoms with van der Waals surface area (Å²) >= 11 is 0. The normalized spacial score (nSPS) is 14.7. The number of aliphatic imine (C=N–C) groups is 1. The molecule has 0 aliphatic carbocycles. The average Bonchev–Trinajstić information content (AvgIpc) is 3.76. The van der Waals surface area contributed by atoms with Gasteiger partial charge in [-0.2, -0.15) is 0 Å². The van der Waals surface area contributed by atoms with Gasteiger partial charge in [-0.15, -0.1) is 0 Å². The summed E-state index contributed by atoms with van der Waals surface area (Å²) in [7, 11) is 0.